The van der Waals surface area contributed by atoms with E-state index in [1.807, 2.05) is 0 Å². The molecule has 0 spiro atoms. The molecule has 2 aliphatic heterocycles. The maximum absolute atomic E-state index is 11.7. The van der Waals surface area contributed by atoms with Gasteiger partial charge in [-0.25, -0.2) is 0 Å². The highest BCUT2D eigenvalue weighted by Gasteiger charge is 2.58. The van der Waals surface area contributed by atoms with Gasteiger partial charge in [0.25, 0.3) is 0 Å². The zero-order valence-electron chi connectivity index (χ0n) is 31.6. The van der Waals surface area contributed by atoms with Crippen molar-refractivity contribution in [3.05, 3.63) is 23.3 Å². The fourth-order valence-electron chi connectivity index (χ4n) is 11.1. The zero-order chi connectivity index (χ0) is 36.8. The second-order valence-electron chi connectivity index (χ2n) is 17.6. The van der Waals surface area contributed by atoms with Gasteiger partial charge in [0.2, 0.25) is 0 Å². The van der Waals surface area contributed by atoms with E-state index in [9.17, 15) is 30.6 Å². The van der Waals surface area contributed by atoms with Gasteiger partial charge in [-0.05, 0) is 98.2 Å². The van der Waals surface area contributed by atoms with Gasteiger partial charge in [0.15, 0.2) is 12.6 Å². The first-order chi connectivity index (χ1) is 24.2. The van der Waals surface area contributed by atoms with Gasteiger partial charge < -0.3 is 54.3 Å². The van der Waals surface area contributed by atoms with Crippen molar-refractivity contribution in [1.82, 2.24) is 0 Å². The Morgan fingerprint density at radius 2 is 1.53 bits per heavy atom. The van der Waals surface area contributed by atoms with Crippen LogP contribution in [0, 0.1) is 46.3 Å². The normalized spacial score (nSPS) is 46.0. The van der Waals surface area contributed by atoms with Gasteiger partial charge in [-0.3, -0.25) is 0 Å². The Hall–Kier alpha value is -0.960. The Bertz CT molecular complexity index is 1240. The molecule has 292 valence electrons. The topological polar surface area (TPSA) is 168 Å². The van der Waals surface area contributed by atoms with Crippen molar-refractivity contribution in [2.75, 3.05) is 26.9 Å². The number of ether oxygens (including phenoxy) is 5. The van der Waals surface area contributed by atoms with Crippen molar-refractivity contribution in [3.63, 3.8) is 0 Å². The molecular weight excluding hydrogens is 656 g/mol. The van der Waals surface area contributed by atoms with Crippen LogP contribution in [-0.4, -0.2) is 119 Å². The van der Waals surface area contributed by atoms with Gasteiger partial charge >= 0.3 is 0 Å². The molecule has 6 N–H and O–H groups in total. The smallest absolute Gasteiger partial charge is 0.186 e. The minimum absolute atomic E-state index is 0.0164. The van der Waals surface area contributed by atoms with Crippen molar-refractivity contribution < 1.29 is 54.3 Å². The van der Waals surface area contributed by atoms with Gasteiger partial charge in [0.05, 0.1) is 32.0 Å². The number of methoxy groups -OCH3 is 1. The maximum atomic E-state index is 11.7. The Labute approximate surface area is 304 Å². The maximum Gasteiger partial charge on any atom is 0.186 e. The summed E-state index contributed by atoms with van der Waals surface area (Å²) in [5.74, 6) is 2.36. The summed E-state index contributed by atoms with van der Waals surface area (Å²) in [6.45, 7) is 11.7. The molecule has 0 unspecified atom stereocenters. The summed E-state index contributed by atoms with van der Waals surface area (Å²) in [5, 5.41) is 62.2. The molecule has 6 aliphatic rings. The van der Waals surface area contributed by atoms with E-state index in [-0.39, 0.29) is 42.0 Å². The summed E-state index contributed by atoms with van der Waals surface area (Å²) >= 11 is 0. The monoisotopic (exact) mass is 722 g/mol. The first-order valence-corrected chi connectivity index (χ1v) is 19.7. The summed E-state index contributed by atoms with van der Waals surface area (Å²) in [7, 11) is 1.51. The Kier molecular flexibility index (Phi) is 12.5. The van der Waals surface area contributed by atoms with E-state index >= 15 is 0 Å². The van der Waals surface area contributed by atoms with Crippen LogP contribution < -0.4 is 0 Å². The molecule has 6 rings (SSSR count). The molecule has 2 saturated carbocycles. The van der Waals surface area contributed by atoms with Crippen LogP contribution in [0.5, 0.6) is 0 Å². The van der Waals surface area contributed by atoms with Crippen LogP contribution in [-0.2, 0) is 23.7 Å². The molecule has 4 fully saturated rings. The summed E-state index contributed by atoms with van der Waals surface area (Å²) in [4.78, 5) is 0. The van der Waals surface area contributed by atoms with Crippen LogP contribution in [0.2, 0.25) is 0 Å². The minimum Gasteiger partial charge on any atom is -0.393 e. The minimum atomic E-state index is -1.30. The first kappa shape index (κ1) is 39.7. The number of hydrogen-bond acceptors (Lipinski definition) is 11. The lowest BCUT2D eigenvalue weighted by Crippen LogP contribution is -2.56. The molecule has 51 heavy (non-hydrogen) atoms. The standard InChI is InChI=1S/C40H66O11/c1-21(2)23(13-16-48-37-35(46)33(44)31(42)19-49-37)17-30(41)22(3)27-9-10-28-26-8-7-24-18-25(51-38-36(47-6)34(45)32(43)20-50-38)11-14-39(24,4)29(26)12-15-40(27,28)5/h7,9,21-23,25-26,28-38,41-46H,8,10-20H2,1-6H3/t22-,23-,25-,26-,28-,29-,30+,31+,32+,33-,34-,35+,36+,37+,38+,39-,40+/m0/s1. The van der Waals surface area contributed by atoms with Crippen molar-refractivity contribution in [3.8, 4) is 0 Å². The Morgan fingerprint density at radius 3 is 2.24 bits per heavy atom. The summed E-state index contributed by atoms with van der Waals surface area (Å²) in [5.41, 5.74) is 3.11. The average Bonchev–Trinajstić information content (AvgIpc) is 3.46. The van der Waals surface area contributed by atoms with Crippen LogP contribution in [0.4, 0.5) is 0 Å². The molecule has 0 aromatic carbocycles. The van der Waals surface area contributed by atoms with Gasteiger partial charge in [-0.15, -0.1) is 0 Å². The van der Waals surface area contributed by atoms with Gasteiger partial charge in [-0.1, -0.05) is 57.9 Å². The first-order valence-electron chi connectivity index (χ1n) is 19.7. The fraction of sp³-hybridized carbons (Fsp3) is 0.900. The summed E-state index contributed by atoms with van der Waals surface area (Å²) < 4.78 is 28.8. The Morgan fingerprint density at radius 1 is 0.843 bits per heavy atom. The van der Waals surface area contributed by atoms with Crippen molar-refractivity contribution in [2.24, 2.45) is 46.3 Å². The van der Waals surface area contributed by atoms with Crippen molar-refractivity contribution >= 4 is 0 Å². The lowest BCUT2D eigenvalue weighted by atomic mass is 9.47. The van der Waals surface area contributed by atoms with Crippen LogP contribution >= 0.6 is 0 Å². The van der Waals surface area contributed by atoms with E-state index < -0.39 is 55.3 Å². The van der Waals surface area contributed by atoms with E-state index in [1.54, 1.807) is 0 Å². The molecule has 11 heteroatoms. The third-order valence-electron chi connectivity index (χ3n) is 14.5. The third-order valence-corrected chi connectivity index (χ3v) is 14.5. The molecule has 0 aromatic heterocycles. The quantitative estimate of drug-likeness (QED) is 0.163. The molecule has 2 heterocycles. The molecule has 17 atom stereocenters. The fourth-order valence-corrected chi connectivity index (χ4v) is 11.1. The SMILES string of the molecule is CO[C@H]1[C@@H](O[C@H]2CC[C@@]3(C)C(=CC[C@@H]4[C@@H]3CC[C@]3(C)C([C@H](C)[C@H](O)C[C@H](CCO[C@@H]5OC[C@@H](O)[C@H](O)[C@H]5O)C(C)C)=CC[C@@H]43)C2)OC[C@@H](O)[C@@H]1O. The van der Waals surface area contributed by atoms with Gasteiger partial charge in [-0.2, -0.15) is 0 Å². The van der Waals surface area contributed by atoms with E-state index in [0.29, 0.717) is 43.1 Å². The van der Waals surface area contributed by atoms with E-state index in [0.717, 1.165) is 38.5 Å². The van der Waals surface area contributed by atoms with E-state index in [1.165, 1.54) is 24.7 Å². The van der Waals surface area contributed by atoms with Crippen LogP contribution in [0.25, 0.3) is 0 Å². The van der Waals surface area contributed by atoms with Gasteiger partial charge in [0, 0.05) is 13.0 Å². The number of fused-ring (bicyclic) bond motifs is 5. The number of aliphatic hydroxyl groups excluding tert-OH is 6. The second kappa shape index (κ2) is 16.0. The van der Waals surface area contributed by atoms with E-state index in [4.69, 9.17) is 23.7 Å². The molecule has 0 amide bonds. The molecule has 0 aromatic rings. The predicted octanol–water partition coefficient (Wildman–Crippen LogP) is 3.47. The summed E-state index contributed by atoms with van der Waals surface area (Å²) in [6.07, 6.45) is 4.94. The largest absolute Gasteiger partial charge is 0.393 e. The number of hydrogen-bond donors (Lipinski definition) is 6. The zero-order valence-corrected chi connectivity index (χ0v) is 31.6. The summed E-state index contributed by atoms with van der Waals surface area (Å²) in [6, 6.07) is 0. The third kappa shape index (κ3) is 7.66. The molecule has 0 radical (unpaired) electrons. The lowest BCUT2D eigenvalue weighted by Gasteiger charge is -2.58. The highest BCUT2D eigenvalue weighted by molar-refractivity contribution is 5.31. The highest BCUT2D eigenvalue weighted by atomic mass is 16.7. The molecular formula is C40H66O11. The van der Waals surface area contributed by atoms with Crippen molar-refractivity contribution in [1.29, 1.82) is 0 Å². The van der Waals surface area contributed by atoms with E-state index in [2.05, 4.69) is 46.8 Å². The number of rotatable bonds is 12. The van der Waals surface area contributed by atoms with Gasteiger partial charge in [0.1, 0.15) is 36.6 Å². The van der Waals surface area contributed by atoms with Crippen LogP contribution in [0.3, 0.4) is 0 Å². The second-order valence-corrected chi connectivity index (χ2v) is 17.6. The average molecular weight is 723 g/mol. The van der Waals surface area contributed by atoms with Crippen LogP contribution in [0.15, 0.2) is 23.3 Å². The number of aliphatic hydroxyl groups is 6. The lowest BCUT2D eigenvalue weighted by molar-refractivity contribution is -0.290. The molecule has 0 bridgehead atoms. The molecule has 4 aliphatic carbocycles. The molecule has 11 nitrogen and oxygen atoms in total. The number of allylic oxidation sites excluding steroid dienone is 2. The van der Waals surface area contributed by atoms with Crippen LogP contribution in [0.1, 0.15) is 92.4 Å². The predicted molar refractivity (Wildman–Crippen MR) is 189 cm³/mol. The molecule has 2 saturated heterocycles. The highest BCUT2D eigenvalue weighted by Crippen LogP contribution is 2.66. The van der Waals surface area contributed by atoms with Crippen molar-refractivity contribution in [2.45, 2.75) is 154 Å². The Balaban J connectivity index is 1.05.